The largest absolute Gasteiger partial charge is 0.255 e. The van der Waals surface area contributed by atoms with Crippen LogP contribution in [0.1, 0.15) is 6.92 Å². The smallest absolute Gasteiger partial charge is 0.0883 e. The van der Waals surface area contributed by atoms with E-state index in [0.717, 1.165) is 10.7 Å². The maximum absolute atomic E-state index is 4.47. The van der Waals surface area contributed by atoms with Gasteiger partial charge in [-0.3, -0.25) is 9.98 Å². The van der Waals surface area contributed by atoms with Gasteiger partial charge in [0.2, 0.25) is 0 Å². The van der Waals surface area contributed by atoms with Crippen molar-refractivity contribution >= 4 is 18.7 Å². The van der Waals surface area contributed by atoms with Crippen molar-refractivity contribution in [1.82, 2.24) is 4.98 Å². The van der Waals surface area contributed by atoms with E-state index in [-0.39, 0.29) is 4.75 Å². The minimum absolute atomic E-state index is 0.261. The van der Waals surface area contributed by atoms with E-state index >= 15 is 0 Å². The highest BCUT2D eigenvalue weighted by Gasteiger charge is 2.12. The fourth-order valence-electron chi connectivity index (χ4n) is 1.22. The van der Waals surface area contributed by atoms with E-state index in [1.807, 2.05) is 31.2 Å². The van der Waals surface area contributed by atoms with Crippen molar-refractivity contribution in [2.75, 3.05) is 0 Å². The summed E-state index contributed by atoms with van der Waals surface area (Å²) >= 11 is 4.47. The number of nitrogens with zero attached hydrogens (tertiary/aromatic N) is 2. The fourth-order valence-corrected chi connectivity index (χ4v) is 1.41. The van der Waals surface area contributed by atoms with Crippen LogP contribution in [0.2, 0.25) is 0 Å². The summed E-state index contributed by atoms with van der Waals surface area (Å²) in [6.07, 6.45) is 7.48. The summed E-state index contributed by atoms with van der Waals surface area (Å²) in [5.74, 6) is 0. The molecule has 1 aromatic rings. The second kappa shape index (κ2) is 3.00. The first-order valence-electron chi connectivity index (χ1n) is 4.09. The molecule has 1 unspecified atom stereocenters. The molecule has 13 heavy (non-hydrogen) atoms. The van der Waals surface area contributed by atoms with Gasteiger partial charge in [0.15, 0.2) is 0 Å². The molecule has 0 spiro atoms. The highest BCUT2D eigenvalue weighted by molar-refractivity contribution is 7.82. The van der Waals surface area contributed by atoms with E-state index in [1.165, 1.54) is 0 Å². The molecule has 1 aromatic heterocycles. The average Bonchev–Trinajstić information content (AvgIpc) is 2.21. The van der Waals surface area contributed by atoms with Gasteiger partial charge in [-0.2, -0.15) is 12.6 Å². The summed E-state index contributed by atoms with van der Waals surface area (Å²) in [7, 11) is 0. The van der Waals surface area contributed by atoms with Crippen LogP contribution < -0.4 is 10.7 Å². The SMILES string of the molecule is CC1(S)C=CN=c2cccnc2=C1. The van der Waals surface area contributed by atoms with E-state index in [2.05, 4.69) is 22.6 Å². The van der Waals surface area contributed by atoms with Crippen molar-refractivity contribution in [1.29, 1.82) is 0 Å². The standard InChI is InChI=1S/C10H10N2S/c1-10(13)4-6-12-8-3-2-5-11-9(8)7-10/h2-7,13H,1H3. The minimum Gasteiger partial charge on any atom is -0.255 e. The van der Waals surface area contributed by atoms with E-state index in [9.17, 15) is 0 Å². The van der Waals surface area contributed by atoms with Crippen LogP contribution in [0.15, 0.2) is 35.6 Å². The molecule has 2 nitrogen and oxygen atoms in total. The van der Waals surface area contributed by atoms with E-state index in [1.54, 1.807) is 12.4 Å². The number of rotatable bonds is 0. The first kappa shape index (κ1) is 8.51. The number of fused-ring (bicyclic) bond motifs is 1. The first-order chi connectivity index (χ1) is 6.17. The molecule has 0 aromatic carbocycles. The topological polar surface area (TPSA) is 25.2 Å². The summed E-state index contributed by atoms with van der Waals surface area (Å²) in [5.41, 5.74) is 0. The third kappa shape index (κ3) is 1.80. The Kier molecular flexibility index (Phi) is 1.96. The molecule has 0 saturated heterocycles. The monoisotopic (exact) mass is 190 g/mol. The van der Waals surface area contributed by atoms with Gasteiger partial charge in [-0.1, -0.05) is 0 Å². The number of thiol groups is 1. The van der Waals surface area contributed by atoms with Gasteiger partial charge in [0.05, 0.1) is 15.5 Å². The van der Waals surface area contributed by atoms with Crippen LogP contribution in [0, 0.1) is 0 Å². The second-order valence-electron chi connectivity index (χ2n) is 3.22. The molecule has 0 fully saturated rings. The quantitative estimate of drug-likeness (QED) is 0.598. The maximum atomic E-state index is 4.47. The van der Waals surface area contributed by atoms with Gasteiger partial charge in [0, 0.05) is 12.4 Å². The first-order valence-corrected chi connectivity index (χ1v) is 4.54. The predicted octanol–water partition coefficient (Wildman–Crippen LogP) is 0.698. The van der Waals surface area contributed by atoms with Crippen molar-refractivity contribution in [2.24, 2.45) is 4.99 Å². The molecule has 2 rings (SSSR count). The molecule has 1 aliphatic rings. The van der Waals surface area contributed by atoms with Gasteiger partial charge in [-0.15, -0.1) is 0 Å². The Labute approximate surface area is 82.1 Å². The third-order valence-corrected chi connectivity index (χ3v) is 2.15. The van der Waals surface area contributed by atoms with Gasteiger partial charge >= 0.3 is 0 Å². The lowest BCUT2D eigenvalue weighted by atomic mass is 10.1. The van der Waals surface area contributed by atoms with E-state index in [4.69, 9.17) is 0 Å². The molecule has 0 aliphatic carbocycles. The van der Waals surface area contributed by atoms with Crippen molar-refractivity contribution in [3.63, 3.8) is 0 Å². The van der Waals surface area contributed by atoms with Gasteiger partial charge < -0.3 is 0 Å². The molecular formula is C10H10N2S. The summed E-state index contributed by atoms with van der Waals surface area (Å²) in [5, 5.41) is 1.79. The Balaban J connectivity index is 2.77. The minimum atomic E-state index is -0.261. The maximum Gasteiger partial charge on any atom is 0.0883 e. The van der Waals surface area contributed by atoms with E-state index in [0.29, 0.717) is 0 Å². The molecule has 0 N–H and O–H groups in total. The summed E-state index contributed by atoms with van der Waals surface area (Å²) in [6, 6.07) is 3.82. The Morgan fingerprint density at radius 1 is 1.46 bits per heavy atom. The Bertz CT molecular complexity index is 460. The van der Waals surface area contributed by atoms with Crippen molar-refractivity contribution in [2.45, 2.75) is 11.7 Å². The van der Waals surface area contributed by atoms with Crippen molar-refractivity contribution < 1.29 is 0 Å². The predicted molar refractivity (Wildman–Crippen MR) is 56.0 cm³/mol. The summed E-state index contributed by atoms with van der Waals surface area (Å²) in [4.78, 5) is 8.50. The highest BCUT2D eigenvalue weighted by Crippen LogP contribution is 2.17. The number of pyridine rings is 1. The summed E-state index contributed by atoms with van der Waals surface area (Å²) < 4.78 is -0.261. The lowest BCUT2D eigenvalue weighted by Crippen LogP contribution is -2.29. The van der Waals surface area contributed by atoms with Crippen molar-refractivity contribution in [3.8, 4) is 0 Å². The lowest BCUT2D eigenvalue weighted by Gasteiger charge is -2.10. The molecule has 1 aliphatic heterocycles. The Morgan fingerprint density at radius 2 is 2.31 bits per heavy atom. The van der Waals surface area contributed by atoms with Crippen LogP contribution in [-0.4, -0.2) is 9.73 Å². The fraction of sp³-hybridized carbons (Fsp3) is 0.200. The molecule has 1 atom stereocenters. The number of aromatic nitrogens is 1. The summed E-state index contributed by atoms with van der Waals surface area (Å²) in [6.45, 7) is 2.01. The van der Waals surface area contributed by atoms with Gasteiger partial charge in [0.25, 0.3) is 0 Å². The average molecular weight is 190 g/mol. The molecule has 0 saturated carbocycles. The zero-order valence-electron chi connectivity index (χ0n) is 7.31. The molecule has 0 amide bonds. The van der Waals surface area contributed by atoms with Gasteiger partial charge in [-0.25, -0.2) is 0 Å². The molecule has 3 heteroatoms. The van der Waals surface area contributed by atoms with Crippen LogP contribution in [-0.2, 0) is 0 Å². The zero-order valence-corrected chi connectivity index (χ0v) is 8.20. The molecule has 66 valence electrons. The third-order valence-electron chi connectivity index (χ3n) is 1.87. The van der Waals surface area contributed by atoms with Crippen molar-refractivity contribution in [3.05, 3.63) is 41.3 Å². The Hall–Kier alpha value is -1.09. The zero-order chi connectivity index (χ0) is 9.31. The van der Waals surface area contributed by atoms with E-state index < -0.39 is 0 Å². The molecule has 0 radical (unpaired) electrons. The highest BCUT2D eigenvalue weighted by atomic mass is 32.1. The number of hydrogen-bond donors (Lipinski definition) is 1. The van der Waals surface area contributed by atoms with Crippen LogP contribution >= 0.6 is 12.6 Å². The number of hydrogen-bond acceptors (Lipinski definition) is 3. The Morgan fingerprint density at radius 3 is 3.15 bits per heavy atom. The van der Waals surface area contributed by atoms with Gasteiger partial charge in [0.1, 0.15) is 0 Å². The molecule has 2 heterocycles. The second-order valence-corrected chi connectivity index (χ2v) is 4.19. The normalized spacial score (nSPS) is 25.4. The van der Waals surface area contributed by atoms with Crippen LogP contribution in [0.25, 0.3) is 6.08 Å². The van der Waals surface area contributed by atoms with Gasteiger partial charge in [-0.05, 0) is 31.2 Å². The van der Waals surface area contributed by atoms with Crippen LogP contribution in [0.4, 0.5) is 0 Å². The molecular weight excluding hydrogens is 180 g/mol. The lowest BCUT2D eigenvalue weighted by molar-refractivity contribution is 1.06. The molecule has 0 bridgehead atoms. The van der Waals surface area contributed by atoms with Crippen LogP contribution in [0.5, 0.6) is 0 Å². The van der Waals surface area contributed by atoms with Crippen LogP contribution in [0.3, 0.4) is 0 Å².